The van der Waals surface area contributed by atoms with E-state index in [2.05, 4.69) is 18.8 Å². The van der Waals surface area contributed by atoms with Gasteiger partial charge in [-0.3, -0.25) is 9.78 Å². The lowest BCUT2D eigenvalue weighted by Crippen LogP contribution is -2.42. The van der Waals surface area contributed by atoms with Crippen LogP contribution in [0.3, 0.4) is 0 Å². The van der Waals surface area contributed by atoms with E-state index in [0.717, 1.165) is 18.8 Å². The van der Waals surface area contributed by atoms with Gasteiger partial charge >= 0.3 is 0 Å². The smallest absolute Gasteiger partial charge is 0.255 e. The molecule has 1 aliphatic rings. The van der Waals surface area contributed by atoms with Crippen LogP contribution in [0.25, 0.3) is 0 Å². The second-order valence-electron chi connectivity index (χ2n) is 5.34. The molecule has 2 rings (SSSR count). The first kappa shape index (κ1) is 12.1. The molecule has 2 unspecified atom stereocenters. The average molecular weight is 232 g/mol. The van der Waals surface area contributed by atoms with Crippen LogP contribution in [0.1, 0.15) is 36.3 Å². The summed E-state index contributed by atoms with van der Waals surface area (Å²) in [5.41, 5.74) is 1.65. The van der Waals surface area contributed by atoms with Gasteiger partial charge in [0.1, 0.15) is 0 Å². The van der Waals surface area contributed by atoms with Crippen molar-refractivity contribution >= 4 is 5.91 Å². The molecule has 2 heterocycles. The molecule has 0 aliphatic carbocycles. The van der Waals surface area contributed by atoms with Gasteiger partial charge < -0.3 is 4.90 Å². The molecule has 17 heavy (non-hydrogen) atoms. The molecular weight excluding hydrogens is 212 g/mol. The number of pyridine rings is 1. The van der Waals surface area contributed by atoms with Gasteiger partial charge in [0.2, 0.25) is 0 Å². The van der Waals surface area contributed by atoms with Crippen molar-refractivity contribution in [1.82, 2.24) is 9.88 Å². The highest BCUT2D eigenvalue weighted by atomic mass is 16.2. The van der Waals surface area contributed by atoms with Crippen LogP contribution in [-0.2, 0) is 0 Å². The highest BCUT2D eigenvalue weighted by Gasteiger charge is 2.26. The van der Waals surface area contributed by atoms with Crippen LogP contribution in [0, 0.1) is 18.8 Å². The van der Waals surface area contributed by atoms with E-state index < -0.39 is 0 Å². The first-order chi connectivity index (χ1) is 8.06. The van der Waals surface area contributed by atoms with E-state index in [1.165, 1.54) is 6.42 Å². The molecule has 92 valence electrons. The lowest BCUT2D eigenvalue weighted by Gasteiger charge is -2.35. The van der Waals surface area contributed by atoms with Crippen molar-refractivity contribution in [2.24, 2.45) is 11.8 Å². The zero-order valence-corrected chi connectivity index (χ0v) is 10.8. The molecule has 0 N–H and O–H groups in total. The lowest BCUT2D eigenvalue weighted by molar-refractivity contribution is 0.0622. The average Bonchev–Trinajstić information content (AvgIpc) is 2.28. The highest BCUT2D eigenvalue weighted by molar-refractivity contribution is 5.94. The van der Waals surface area contributed by atoms with Gasteiger partial charge in [-0.2, -0.15) is 0 Å². The predicted molar refractivity (Wildman–Crippen MR) is 67.8 cm³/mol. The Bertz CT molecular complexity index is 389. The molecule has 1 fully saturated rings. The van der Waals surface area contributed by atoms with Crippen molar-refractivity contribution in [1.29, 1.82) is 0 Å². The van der Waals surface area contributed by atoms with Gasteiger partial charge in [0.15, 0.2) is 0 Å². The molecule has 0 radical (unpaired) electrons. The topological polar surface area (TPSA) is 33.2 Å². The molecule has 0 aromatic carbocycles. The molecule has 3 nitrogen and oxygen atoms in total. The maximum Gasteiger partial charge on any atom is 0.255 e. The Labute approximate surface area is 103 Å². The van der Waals surface area contributed by atoms with Crippen LogP contribution in [0.4, 0.5) is 0 Å². The van der Waals surface area contributed by atoms with E-state index in [0.29, 0.717) is 17.4 Å². The number of aryl methyl sites for hydroxylation is 1. The summed E-state index contributed by atoms with van der Waals surface area (Å²) in [6.45, 7) is 8.10. The predicted octanol–water partition coefficient (Wildman–Crippen LogP) is 2.51. The van der Waals surface area contributed by atoms with Gasteiger partial charge in [-0.15, -0.1) is 0 Å². The number of nitrogens with zero attached hydrogens (tertiary/aromatic N) is 2. The molecule has 1 amide bonds. The van der Waals surface area contributed by atoms with Gasteiger partial charge in [0.25, 0.3) is 5.91 Å². The molecule has 1 aromatic heterocycles. The molecule has 1 aliphatic heterocycles. The molecular formula is C14H20N2O. The second-order valence-corrected chi connectivity index (χ2v) is 5.34. The number of amides is 1. The van der Waals surface area contributed by atoms with Gasteiger partial charge in [-0.1, -0.05) is 13.8 Å². The molecule has 0 bridgehead atoms. The Balaban J connectivity index is 2.11. The minimum atomic E-state index is 0.121. The Morgan fingerprint density at radius 3 is 2.47 bits per heavy atom. The first-order valence-electron chi connectivity index (χ1n) is 6.28. The van der Waals surface area contributed by atoms with Crippen LogP contribution in [0.15, 0.2) is 18.3 Å². The molecule has 0 saturated carbocycles. The summed E-state index contributed by atoms with van der Waals surface area (Å²) in [5.74, 6) is 1.32. The molecule has 1 saturated heterocycles. The monoisotopic (exact) mass is 232 g/mol. The highest BCUT2D eigenvalue weighted by Crippen LogP contribution is 2.22. The van der Waals surface area contributed by atoms with Crippen LogP contribution in [0.5, 0.6) is 0 Å². The maximum absolute atomic E-state index is 12.3. The third kappa shape index (κ3) is 2.84. The van der Waals surface area contributed by atoms with Crippen molar-refractivity contribution in [3.63, 3.8) is 0 Å². The van der Waals surface area contributed by atoms with E-state index in [4.69, 9.17) is 0 Å². The lowest BCUT2D eigenvalue weighted by atomic mass is 9.91. The zero-order valence-electron chi connectivity index (χ0n) is 10.8. The minimum Gasteiger partial charge on any atom is -0.338 e. The summed E-state index contributed by atoms with van der Waals surface area (Å²) in [5, 5.41) is 0. The number of likely N-dealkylation sites (tertiary alicyclic amines) is 1. The second kappa shape index (κ2) is 4.86. The summed E-state index contributed by atoms with van der Waals surface area (Å²) < 4.78 is 0. The minimum absolute atomic E-state index is 0.121. The Kier molecular flexibility index (Phi) is 3.46. The van der Waals surface area contributed by atoms with Crippen molar-refractivity contribution < 1.29 is 4.79 Å². The molecule has 0 spiro atoms. The van der Waals surface area contributed by atoms with E-state index >= 15 is 0 Å². The number of hydrogen-bond donors (Lipinski definition) is 0. The largest absolute Gasteiger partial charge is 0.338 e. The number of carbonyl (C=O) groups is 1. The Morgan fingerprint density at radius 1 is 1.29 bits per heavy atom. The number of piperidine rings is 1. The number of rotatable bonds is 1. The molecule has 1 aromatic rings. The van der Waals surface area contributed by atoms with Crippen molar-refractivity contribution in [2.45, 2.75) is 27.2 Å². The standard InChI is InChI=1S/C14H20N2O/c1-10-6-11(2)9-16(8-10)14(17)13-5-4-12(3)15-7-13/h4-5,7,10-11H,6,8-9H2,1-3H3. The summed E-state index contributed by atoms with van der Waals surface area (Å²) in [4.78, 5) is 18.4. The van der Waals surface area contributed by atoms with E-state index in [-0.39, 0.29) is 5.91 Å². The Hall–Kier alpha value is -1.38. The van der Waals surface area contributed by atoms with E-state index in [1.807, 2.05) is 24.0 Å². The first-order valence-corrected chi connectivity index (χ1v) is 6.28. The van der Waals surface area contributed by atoms with Crippen LogP contribution >= 0.6 is 0 Å². The fourth-order valence-electron chi connectivity index (χ4n) is 2.61. The van der Waals surface area contributed by atoms with Gasteiger partial charge in [-0.05, 0) is 37.3 Å². The summed E-state index contributed by atoms with van der Waals surface area (Å²) in [7, 11) is 0. The fourth-order valence-corrected chi connectivity index (χ4v) is 2.61. The summed E-state index contributed by atoms with van der Waals surface area (Å²) in [6.07, 6.45) is 2.90. The maximum atomic E-state index is 12.3. The van der Waals surface area contributed by atoms with Crippen LogP contribution in [-0.4, -0.2) is 28.9 Å². The van der Waals surface area contributed by atoms with E-state index in [9.17, 15) is 4.79 Å². The number of hydrogen-bond acceptors (Lipinski definition) is 2. The SMILES string of the molecule is Cc1ccc(C(=O)N2CC(C)CC(C)C2)cn1. The third-order valence-corrected chi connectivity index (χ3v) is 3.31. The number of carbonyl (C=O) groups excluding carboxylic acids is 1. The van der Waals surface area contributed by atoms with Gasteiger partial charge in [0, 0.05) is 25.0 Å². The van der Waals surface area contributed by atoms with Crippen molar-refractivity contribution in [3.05, 3.63) is 29.6 Å². The molecule has 3 heteroatoms. The fraction of sp³-hybridized carbons (Fsp3) is 0.571. The van der Waals surface area contributed by atoms with Crippen molar-refractivity contribution in [3.8, 4) is 0 Å². The van der Waals surface area contributed by atoms with Crippen molar-refractivity contribution in [2.75, 3.05) is 13.1 Å². The normalized spacial score (nSPS) is 24.8. The van der Waals surface area contributed by atoms with Gasteiger partial charge in [-0.25, -0.2) is 0 Å². The Morgan fingerprint density at radius 2 is 1.94 bits per heavy atom. The number of aromatic nitrogens is 1. The van der Waals surface area contributed by atoms with E-state index in [1.54, 1.807) is 6.20 Å². The third-order valence-electron chi connectivity index (χ3n) is 3.31. The summed E-state index contributed by atoms with van der Waals surface area (Å²) >= 11 is 0. The van der Waals surface area contributed by atoms with Gasteiger partial charge in [0.05, 0.1) is 5.56 Å². The van der Waals surface area contributed by atoms with Crippen LogP contribution in [0.2, 0.25) is 0 Å². The zero-order chi connectivity index (χ0) is 12.4. The molecule has 2 atom stereocenters. The quantitative estimate of drug-likeness (QED) is 0.745. The van der Waals surface area contributed by atoms with Crippen LogP contribution < -0.4 is 0 Å². The summed E-state index contributed by atoms with van der Waals surface area (Å²) in [6, 6.07) is 3.76.